The molecule has 1 aromatic carbocycles. The molecule has 0 bridgehead atoms. The van der Waals surface area contributed by atoms with Crippen LogP contribution in [0.25, 0.3) is 21.7 Å². The lowest BCUT2D eigenvalue weighted by atomic mass is 9.97. The molecule has 0 saturated carbocycles. The van der Waals surface area contributed by atoms with Crippen molar-refractivity contribution in [1.82, 2.24) is 20.2 Å². The number of hydrogen-bond donors (Lipinski definition) is 1. The summed E-state index contributed by atoms with van der Waals surface area (Å²) in [5.41, 5.74) is 1.91. The summed E-state index contributed by atoms with van der Waals surface area (Å²) in [7, 11) is 0. The fourth-order valence-corrected chi connectivity index (χ4v) is 5.62. The van der Waals surface area contributed by atoms with E-state index in [1.165, 1.54) is 28.6 Å². The van der Waals surface area contributed by atoms with E-state index in [1.807, 2.05) is 31.2 Å². The van der Waals surface area contributed by atoms with Gasteiger partial charge in [0.25, 0.3) is 16.7 Å². The van der Waals surface area contributed by atoms with Gasteiger partial charge < -0.3 is 14.1 Å². The van der Waals surface area contributed by atoms with E-state index >= 15 is 0 Å². The summed E-state index contributed by atoms with van der Waals surface area (Å²) in [6, 6.07) is 7.57. The molecule has 0 aliphatic heterocycles. The first-order chi connectivity index (χ1) is 14.7. The second kappa shape index (κ2) is 8.23. The van der Waals surface area contributed by atoms with Gasteiger partial charge in [0.1, 0.15) is 16.4 Å². The van der Waals surface area contributed by atoms with Gasteiger partial charge in [-0.15, -0.1) is 21.5 Å². The fraction of sp³-hybridized carbons (Fsp3) is 0.333. The van der Waals surface area contributed by atoms with Crippen molar-refractivity contribution < 1.29 is 9.15 Å². The summed E-state index contributed by atoms with van der Waals surface area (Å²) in [5.74, 6) is 2.18. The monoisotopic (exact) mass is 440 g/mol. The van der Waals surface area contributed by atoms with E-state index in [4.69, 9.17) is 14.1 Å². The molecular weight excluding hydrogens is 420 g/mol. The normalized spacial score (nSPS) is 13.5. The predicted octanol–water partition coefficient (Wildman–Crippen LogP) is 4.60. The predicted molar refractivity (Wildman–Crippen MR) is 117 cm³/mol. The van der Waals surface area contributed by atoms with Gasteiger partial charge in [-0.1, -0.05) is 23.9 Å². The van der Waals surface area contributed by atoms with Crippen LogP contribution in [-0.2, 0) is 18.6 Å². The van der Waals surface area contributed by atoms with Crippen LogP contribution in [0.4, 0.5) is 0 Å². The van der Waals surface area contributed by atoms with E-state index in [-0.39, 0.29) is 5.56 Å². The van der Waals surface area contributed by atoms with Crippen molar-refractivity contribution in [3.05, 3.63) is 50.9 Å². The molecule has 3 aromatic heterocycles. The summed E-state index contributed by atoms with van der Waals surface area (Å²) < 4.78 is 11.4. The van der Waals surface area contributed by atoms with Crippen molar-refractivity contribution in [2.24, 2.45) is 0 Å². The zero-order valence-electron chi connectivity index (χ0n) is 16.4. The van der Waals surface area contributed by atoms with Crippen LogP contribution in [0.2, 0.25) is 0 Å². The molecule has 1 aliphatic rings. The highest BCUT2D eigenvalue weighted by molar-refractivity contribution is 7.98. The molecule has 0 fully saturated rings. The Morgan fingerprint density at radius 1 is 1.23 bits per heavy atom. The molecule has 0 unspecified atom stereocenters. The number of ether oxygens (including phenoxy) is 1. The maximum absolute atomic E-state index is 12.7. The molecule has 9 heteroatoms. The van der Waals surface area contributed by atoms with Crippen molar-refractivity contribution in [3.8, 4) is 17.2 Å². The molecule has 154 valence electrons. The zero-order valence-corrected chi connectivity index (χ0v) is 18.1. The van der Waals surface area contributed by atoms with Crippen molar-refractivity contribution >= 4 is 33.3 Å². The van der Waals surface area contributed by atoms with Crippen molar-refractivity contribution in [3.63, 3.8) is 0 Å². The highest BCUT2D eigenvalue weighted by atomic mass is 32.2. The quantitative estimate of drug-likeness (QED) is 0.438. The van der Waals surface area contributed by atoms with Crippen molar-refractivity contribution in [2.45, 2.75) is 43.6 Å². The average Bonchev–Trinajstić information content (AvgIpc) is 3.37. The van der Waals surface area contributed by atoms with E-state index in [0.29, 0.717) is 35.0 Å². The Labute approximate surface area is 180 Å². The van der Waals surface area contributed by atoms with Crippen LogP contribution in [0.1, 0.15) is 36.0 Å². The Morgan fingerprint density at radius 3 is 3.00 bits per heavy atom. The number of thioether (sulfide) groups is 1. The summed E-state index contributed by atoms with van der Waals surface area (Å²) >= 11 is 3.00. The zero-order chi connectivity index (χ0) is 20.5. The number of aromatic amines is 1. The third-order valence-corrected chi connectivity index (χ3v) is 7.05. The van der Waals surface area contributed by atoms with E-state index in [1.54, 1.807) is 11.3 Å². The lowest BCUT2D eigenvalue weighted by molar-refractivity contribution is 0.340. The Morgan fingerprint density at radius 2 is 2.10 bits per heavy atom. The van der Waals surface area contributed by atoms with Crippen molar-refractivity contribution in [1.29, 1.82) is 0 Å². The third kappa shape index (κ3) is 3.63. The van der Waals surface area contributed by atoms with Gasteiger partial charge in [0, 0.05) is 4.88 Å². The maximum atomic E-state index is 12.7. The summed E-state index contributed by atoms with van der Waals surface area (Å²) in [6.45, 7) is 2.49. The van der Waals surface area contributed by atoms with Crippen LogP contribution < -0.4 is 10.3 Å². The minimum atomic E-state index is -0.0492. The number of thiophene rings is 1. The SMILES string of the molecule is CCOc1ccccc1-c1nnc(SCc2nc3sc4c(c3c(=O)[nH]2)CCCC4)o1. The molecule has 1 aliphatic carbocycles. The lowest BCUT2D eigenvalue weighted by Crippen LogP contribution is -2.12. The number of fused-ring (bicyclic) bond motifs is 3. The molecule has 5 rings (SSSR count). The third-order valence-electron chi connectivity index (χ3n) is 5.03. The molecule has 7 nitrogen and oxygen atoms in total. The van der Waals surface area contributed by atoms with Gasteiger partial charge in [-0.05, 0) is 50.3 Å². The number of H-pyrrole nitrogens is 1. The van der Waals surface area contributed by atoms with Gasteiger partial charge in [0.2, 0.25) is 0 Å². The first-order valence-electron chi connectivity index (χ1n) is 9.95. The average molecular weight is 441 g/mol. The van der Waals surface area contributed by atoms with Gasteiger partial charge in [-0.2, -0.15) is 0 Å². The van der Waals surface area contributed by atoms with E-state index in [0.717, 1.165) is 35.0 Å². The molecule has 0 atom stereocenters. The number of nitrogens with one attached hydrogen (secondary N) is 1. The van der Waals surface area contributed by atoms with Crippen LogP contribution >= 0.6 is 23.1 Å². The number of para-hydroxylation sites is 1. The van der Waals surface area contributed by atoms with Gasteiger partial charge >= 0.3 is 0 Å². The van der Waals surface area contributed by atoms with Crippen LogP contribution in [0.5, 0.6) is 5.75 Å². The Hall–Kier alpha value is -2.65. The van der Waals surface area contributed by atoms with E-state index in [9.17, 15) is 4.79 Å². The smallest absolute Gasteiger partial charge is 0.277 e. The highest BCUT2D eigenvalue weighted by Gasteiger charge is 2.20. The second-order valence-corrected chi connectivity index (χ2v) is 9.00. The van der Waals surface area contributed by atoms with Crippen LogP contribution in [0.15, 0.2) is 38.7 Å². The van der Waals surface area contributed by atoms with Crippen LogP contribution in [-0.4, -0.2) is 26.8 Å². The lowest BCUT2D eigenvalue weighted by Gasteiger charge is -2.09. The van der Waals surface area contributed by atoms with Crippen molar-refractivity contribution in [2.75, 3.05) is 6.61 Å². The molecule has 0 radical (unpaired) electrons. The molecule has 0 saturated heterocycles. The molecule has 1 N–H and O–H groups in total. The number of nitrogens with zero attached hydrogens (tertiary/aromatic N) is 3. The minimum absolute atomic E-state index is 0.0492. The highest BCUT2D eigenvalue weighted by Crippen LogP contribution is 2.34. The van der Waals surface area contributed by atoms with Gasteiger partial charge in [0.15, 0.2) is 0 Å². The van der Waals surface area contributed by atoms with Gasteiger partial charge in [0.05, 0.1) is 23.3 Å². The number of aryl methyl sites for hydroxylation is 2. The molecular formula is C21H20N4O3S2. The number of benzene rings is 1. The Bertz CT molecular complexity index is 1260. The van der Waals surface area contributed by atoms with E-state index < -0.39 is 0 Å². The largest absolute Gasteiger partial charge is 0.493 e. The number of aromatic nitrogens is 4. The molecule has 0 spiro atoms. The number of hydrogen-bond acceptors (Lipinski definition) is 8. The standard InChI is InChI=1S/C21H20N4O3S2/c1-2-27-14-9-5-3-7-12(14)19-24-25-21(28-19)29-11-16-22-18(26)17-13-8-4-6-10-15(13)30-20(17)23-16/h3,5,7,9H,2,4,6,8,10-11H2,1H3,(H,22,23,26). The molecule has 0 amide bonds. The molecule has 30 heavy (non-hydrogen) atoms. The van der Waals surface area contributed by atoms with Crippen LogP contribution in [0.3, 0.4) is 0 Å². The summed E-state index contributed by atoms with van der Waals surface area (Å²) in [6.07, 6.45) is 4.35. The molecule has 4 aromatic rings. The Balaban J connectivity index is 1.36. The van der Waals surface area contributed by atoms with Gasteiger partial charge in [-0.3, -0.25) is 4.79 Å². The maximum Gasteiger partial charge on any atom is 0.277 e. The van der Waals surface area contributed by atoms with Crippen LogP contribution in [0, 0.1) is 0 Å². The second-order valence-electron chi connectivity index (χ2n) is 6.99. The summed E-state index contributed by atoms with van der Waals surface area (Å²) in [4.78, 5) is 22.4. The Kier molecular flexibility index (Phi) is 5.30. The topological polar surface area (TPSA) is 93.9 Å². The van der Waals surface area contributed by atoms with E-state index in [2.05, 4.69) is 15.2 Å². The fourth-order valence-electron chi connectivity index (χ4n) is 3.71. The first kappa shape index (κ1) is 19.3. The van der Waals surface area contributed by atoms with Gasteiger partial charge in [-0.25, -0.2) is 4.98 Å². The minimum Gasteiger partial charge on any atom is -0.493 e. The number of rotatable bonds is 6. The first-order valence-corrected chi connectivity index (χ1v) is 11.7. The summed E-state index contributed by atoms with van der Waals surface area (Å²) in [5, 5.41) is 9.46. The molecule has 3 heterocycles.